The van der Waals surface area contributed by atoms with Gasteiger partial charge in [0.2, 0.25) is 5.91 Å². The Bertz CT molecular complexity index is 336. The zero-order chi connectivity index (χ0) is 12.7. The molecule has 18 heavy (non-hydrogen) atoms. The largest absolute Gasteiger partial charge is 0.378 e. The molecule has 0 bridgehead atoms. The summed E-state index contributed by atoms with van der Waals surface area (Å²) in [6.07, 6.45) is 1.13. The second-order valence-corrected chi connectivity index (χ2v) is 5.67. The topological polar surface area (TPSA) is 42.0 Å². The summed E-state index contributed by atoms with van der Waals surface area (Å²) in [6, 6.07) is 0.375. The SMILES string of the molecule is C[C@H]1OCC[C@@H]1C(=O)N1C[C@H]2OCCN(C)[C@H]2C1. The highest BCUT2D eigenvalue weighted by Gasteiger charge is 2.43. The Morgan fingerprint density at radius 3 is 2.72 bits per heavy atom. The van der Waals surface area contributed by atoms with Gasteiger partial charge in [-0.25, -0.2) is 0 Å². The number of likely N-dealkylation sites (tertiary alicyclic amines) is 1. The Kier molecular flexibility index (Phi) is 3.30. The number of hydrogen-bond donors (Lipinski definition) is 0. The minimum Gasteiger partial charge on any atom is -0.378 e. The molecule has 0 aromatic carbocycles. The minimum atomic E-state index is 0.0514. The van der Waals surface area contributed by atoms with E-state index < -0.39 is 0 Å². The monoisotopic (exact) mass is 254 g/mol. The molecular formula is C13H22N2O3. The summed E-state index contributed by atoms with van der Waals surface area (Å²) in [7, 11) is 2.12. The third kappa shape index (κ3) is 2.04. The van der Waals surface area contributed by atoms with Gasteiger partial charge in [0, 0.05) is 26.2 Å². The average Bonchev–Trinajstić information content (AvgIpc) is 2.95. The molecular weight excluding hydrogens is 232 g/mol. The van der Waals surface area contributed by atoms with Crippen LogP contribution < -0.4 is 0 Å². The molecule has 3 saturated heterocycles. The number of likely N-dealkylation sites (N-methyl/N-ethyl adjacent to an activating group) is 1. The maximum atomic E-state index is 12.5. The molecule has 0 aliphatic carbocycles. The van der Waals surface area contributed by atoms with E-state index in [1.165, 1.54) is 0 Å². The number of amides is 1. The van der Waals surface area contributed by atoms with Gasteiger partial charge in [0.1, 0.15) is 0 Å². The fourth-order valence-electron chi connectivity index (χ4n) is 3.33. The summed E-state index contributed by atoms with van der Waals surface area (Å²) in [6.45, 7) is 6.02. The average molecular weight is 254 g/mol. The molecule has 1 amide bonds. The lowest BCUT2D eigenvalue weighted by Gasteiger charge is -2.33. The molecule has 3 aliphatic heterocycles. The van der Waals surface area contributed by atoms with Crippen LogP contribution in [0.25, 0.3) is 0 Å². The van der Waals surface area contributed by atoms with Crippen molar-refractivity contribution in [2.45, 2.75) is 31.6 Å². The number of nitrogens with zero attached hydrogens (tertiary/aromatic N) is 2. The van der Waals surface area contributed by atoms with Gasteiger partial charge in [-0.15, -0.1) is 0 Å². The Morgan fingerprint density at radius 2 is 2.06 bits per heavy atom. The van der Waals surface area contributed by atoms with Gasteiger partial charge in [-0.2, -0.15) is 0 Å². The summed E-state index contributed by atoms with van der Waals surface area (Å²) >= 11 is 0. The van der Waals surface area contributed by atoms with E-state index in [9.17, 15) is 4.79 Å². The Hall–Kier alpha value is -0.650. The van der Waals surface area contributed by atoms with E-state index in [1.54, 1.807) is 0 Å². The summed E-state index contributed by atoms with van der Waals surface area (Å²) in [5.41, 5.74) is 0. The van der Waals surface area contributed by atoms with Crippen LogP contribution in [0.5, 0.6) is 0 Å². The number of hydrogen-bond acceptors (Lipinski definition) is 4. The highest BCUT2D eigenvalue weighted by Crippen LogP contribution is 2.27. The molecule has 0 N–H and O–H groups in total. The van der Waals surface area contributed by atoms with Crippen LogP contribution in [0.3, 0.4) is 0 Å². The van der Waals surface area contributed by atoms with Crippen molar-refractivity contribution in [3.8, 4) is 0 Å². The highest BCUT2D eigenvalue weighted by molar-refractivity contribution is 5.80. The molecule has 0 saturated carbocycles. The zero-order valence-electron chi connectivity index (χ0n) is 11.2. The van der Waals surface area contributed by atoms with E-state index in [1.807, 2.05) is 11.8 Å². The quantitative estimate of drug-likeness (QED) is 0.658. The molecule has 5 nitrogen and oxygen atoms in total. The number of carbonyl (C=O) groups is 1. The zero-order valence-corrected chi connectivity index (χ0v) is 11.2. The van der Waals surface area contributed by atoms with Crippen LogP contribution in [-0.4, -0.2) is 73.9 Å². The van der Waals surface area contributed by atoms with Crippen molar-refractivity contribution < 1.29 is 14.3 Å². The maximum Gasteiger partial charge on any atom is 0.228 e. The third-order valence-electron chi connectivity index (χ3n) is 4.58. The summed E-state index contributed by atoms with van der Waals surface area (Å²) in [5.74, 6) is 0.307. The van der Waals surface area contributed by atoms with Crippen molar-refractivity contribution in [1.82, 2.24) is 9.80 Å². The van der Waals surface area contributed by atoms with Gasteiger partial charge < -0.3 is 14.4 Å². The molecule has 102 valence electrons. The normalized spacial score (nSPS) is 41.1. The molecule has 0 unspecified atom stereocenters. The Morgan fingerprint density at radius 1 is 1.22 bits per heavy atom. The Balaban J connectivity index is 1.66. The van der Waals surface area contributed by atoms with E-state index >= 15 is 0 Å². The lowest BCUT2D eigenvalue weighted by molar-refractivity contribution is -0.136. The molecule has 4 atom stereocenters. The predicted molar refractivity (Wildman–Crippen MR) is 66.3 cm³/mol. The molecule has 3 aliphatic rings. The molecule has 0 aromatic heterocycles. The molecule has 0 spiro atoms. The van der Waals surface area contributed by atoms with Crippen molar-refractivity contribution in [3.63, 3.8) is 0 Å². The number of ether oxygens (including phenoxy) is 2. The van der Waals surface area contributed by atoms with Gasteiger partial charge in [-0.1, -0.05) is 0 Å². The first-order chi connectivity index (χ1) is 8.66. The summed E-state index contributed by atoms with van der Waals surface area (Å²) < 4.78 is 11.3. The Labute approximate surface area is 108 Å². The van der Waals surface area contributed by atoms with Crippen molar-refractivity contribution in [2.24, 2.45) is 5.92 Å². The fraction of sp³-hybridized carbons (Fsp3) is 0.923. The van der Waals surface area contributed by atoms with Gasteiger partial charge in [-0.05, 0) is 20.4 Å². The molecule has 5 heteroatoms. The first-order valence-electron chi connectivity index (χ1n) is 6.89. The van der Waals surface area contributed by atoms with Gasteiger partial charge >= 0.3 is 0 Å². The molecule has 0 radical (unpaired) electrons. The second-order valence-electron chi connectivity index (χ2n) is 5.67. The van der Waals surface area contributed by atoms with Crippen molar-refractivity contribution >= 4 is 5.91 Å². The summed E-state index contributed by atoms with van der Waals surface area (Å²) in [5, 5.41) is 0. The number of carbonyl (C=O) groups excluding carboxylic acids is 1. The van der Waals surface area contributed by atoms with E-state index in [4.69, 9.17) is 9.47 Å². The van der Waals surface area contributed by atoms with Crippen LogP contribution in [0.1, 0.15) is 13.3 Å². The molecule has 3 fully saturated rings. The van der Waals surface area contributed by atoms with E-state index in [0.717, 1.165) is 32.7 Å². The number of morpholine rings is 1. The first kappa shape index (κ1) is 12.4. The van der Waals surface area contributed by atoms with Gasteiger partial charge in [-0.3, -0.25) is 9.69 Å². The van der Waals surface area contributed by atoms with Crippen LogP contribution in [0.4, 0.5) is 0 Å². The van der Waals surface area contributed by atoms with Crippen LogP contribution in [0.2, 0.25) is 0 Å². The standard InChI is InChI=1S/C13H22N2O3/c1-9-10(3-5-17-9)13(16)15-7-11-12(8-15)18-6-4-14(11)2/h9-12H,3-8H2,1-2H3/t9-,10+,11+,12-/m1/s1. The third-order valence-corrected chi connectivity index (χ3v) is 4.58. The predicted octanol–water partition coefficient (Wildman–Crippen LogP) is -0.0472. The van der Waals surface area contributed by atoms with E-state index in [2.05, 4.69) is 11.9 Å². The van der Waals surface area contributed by atoms with Gasteiger partial charge in [0.25, 0.3) is 0 Å². The first-order valence-corrected chi connectivity index (χ1v) is 6.89. The van der Waals surface area contributed by atoms with E-state index in [0.29, 0.717) is 12.6 Å². The smallest absolute Gasteiger partial charge is 0.228 e. The van der Waals surface area contributed by atoms with Crippen molar-refractivity contribution in [2.75, 3.05) is 39.9 Å². The van der Waals surface area contributed by atoms with Crippen LogP contribution in [0.15, 0.2) is 0 Å². The van der Waals surface area contributed by atoms with Crippen LogP contribution in [0, 0.1) is 5.92 Å². The van der Waals surface area contributed by atoms with Gasteiger partial charge in [0.15, 0.2) is 0 Å². The van der Waals surface area contributed by atoms with E-state index in [-0.39, 0.29) is 24.0 Å². The fourth-order valence-corrected chi connectivity index (χ4v) is 3.33. The van der Waals surface area contributed by atoms with Crippen molar-refractivity contribution in [3.05, 3.63) is 0 Å². The molecule has 3 heterocycles. The molecule has 3 rings (SSSR count). The lowest BCUT2D eigenvalue weighted by atomic mass is 10.0. The lowest BCUT2D eigenvalue weighted by Crippen LogP contribution is -2.48. The van der Waals surface area contributed by atoms with Gasteiger partial charge in [0.05, 0.1) is 30.8 Å². The van der Waals surface area contributed by atoms with Crippen molar-refractivity contribution in [1.29, 1.82) is 0 Å². The number of fused-ring (bicyclic) bond motifs is 1. The van der Waals surface area contributed by atoms with Crippen LogP contribution in [-0.2, 0) is 14.3 Å². The second kappa shape index (κ2) is 4.79. The molecule has 0 aromatic rings. The minimum absolute atomic E-state index is 0.0514. The van der Waals surface area contributed by atoms with Crippen LogP contribution >= 0.6 is 0 Å². The maximum absolute atomic E-state index is 12.5. The number of rotatable bonds is 1. The highest BCUT2D eigenvalue weighted by atomic mass is 16.5. The summed E-state index contributed by atoms with van der Waals surface area (Å²) in [4.78, 5) is 16.8.